The van der Waals surface area contributed by atoms with Crippen molar-refractivity contribution >= 4 is 66.0 Å². The molecule has 6 heteroatoms. The molecule has 0 saturated carbocycles. The molecular formula is C13H10Br2N2OS. The maximum Gasteiger partial charge on any atom is 0.195 e. The van der Waals surface area contributed by atoms with E-state index in [1.165, 1.54) is 11.3 Å². The van der Waals surface area contributed by atoms with Crippen LogP contribution in [0.3, 0.4) is 0 Å². The molecule has 19 heavy (non-hydrogen) atoms. The van der Waals surface area contributed by atoms with Gasteiger partial charge in [0, 0.05) is 5.69 Å². The molecule has 0 spiro atoms. The number of Topliss-reactive ketones (excluding diaryl/α,β-unsaturated/α-hetero) is 1. The fourth-order valence-electron chi connectivity index (χ4n) is 2.54. The minimum atomic E-state index is -0.0281. The van der Waals surface area contributed by atoms with Gasteiger partial charge in [-0.25, -0.2) is 4.98 Å². The second-order valence-electron chi connectivity index (χ2n) is 4.47. The first-order valence-electron chi connectivity index (χ1n) is 5.83. The molecule has 1 aliphatic carbocycles. The number of alkyl halides is 1. The summed E-state index contributed by atoms with van der Waals surface area (Å²) in [6, 6.07) is 8.08. The maximum absolute atomic E-state index is 12.1. The van der Waals surface area contributed by atoms with Gasteiger partial charge in [0.05, 0.1) is 20.7 Å². The van der Waals surface area contributed by atoms with E-state index in [0.29, 0.717) is 0 Å². The van der Waals surface area contributed by atoms with Crippen molar-refractivity contribution in [2.24, 2.45) is 0 Å². The number of carbonyl (C=O) groups excluding carboxylic acids is 1. The topological polar surface area (TPSA) is 34.4 Å². The van der Waals surface area contributed by atoms with Crippen LogP contribution in [0.25, 0.3) is 16.0 Å². The molecule has 1 aromatic carbocycles. The first-order chi connectivity index (χ1) is 8.75. The number of benzene rings is 1. The highest BCUT2D eigenvalue weighted by molar-refractivity contribution is 9.10. The van der Waals surface area contributed by atoms with Gasteiger partial charge < -0.3 is 0 Å². The molecule has 0 aliphatic heterocycles. The Hall–Kier alpha value is -0.720. The lowest BCUT2D eigenvalue weighted by molar-refractivity contribution is 0.0985. The molecular weight excluding hydrogens is 392 g/mol. The summed E-state index contributed by atoms with van der Waals surface area (Å²) in [5.41, 5.74) is 3.23. The van der Waals surface area contributed by atoms with Crippen LogP contribution in [0.1, 0.15) is 21.8 Å². The van der Waals surface area contributed by atoms with Gasteiger partial charge in [-0.1, -0.05) is 39.4 Å². The Balaban J connectivity index is 0.00000110. The van der Waals surface area contributed by atoms with Crippen molar-refractivity contribution in [3.8, 4) is 0 Å². The Morgan fingerprint density at radius 1 is 1.37 bits per heavy atom. The van der Waals surface area contributed by atoms with Crippen molar-refractivity contribution in [1.29, 1.82) is 0 Å². The van der Waals surface area contributed by atoms with E-state index in [1.807, 2.05) is 18.2 Å². The van der Waals surface area contributed by atoms with Crippen LogP contribution in [-0.4, -0.2) is 20.0 Å². The fourth-order valence-corrected chi connectivity index (χ4v) is 4.33. The molecule has 0 amide bonds. The third-order valence-corrected chi connectivity index (χ3v) is 5.37. The highest BCUT2D eigenvalue weighted by atomic mass is 79.9. The van der Waals surface area contributed by atoms with Crippen LogP contribution in [0.5, 0.6) is 0 Å². The highest BCUT2D eigenvalue weighted by Crippen LogP contribution is 2.34. The molecule has 3 nitrogen and oxygen atoms in total. The molecule has 4 rings (SSSR count). The Morgan fingerprint density at radius 3 is 3.00 bits per heavy atom. The summed E-state index contributed by atoms with van der Waals surface area (Å²) in [6.45, 7) is 0. The van der Waals surface area contributed by atoms with Crippen LogP contribution in [0.2, 0.25) is 0 Å². The van der Waals surface area contributed by atoms with Crippen LogP contribution in [0.4, 0.5) is 0 Å². The minimum absolute atomic E-state index is 0. The lowest BCUT2D eigenvalue weighted by Gasteiger charge is -2.15. The van der Waals surface area contributed by atoms with Gasteiger partial charge in [0.25, 0.3) is 0 Å². The number of ketones is 1. The van der Waals surface area contributed by atoms with Gasteiger partial charge in [-0.15, -0.1) is 17.0 Å². The van der Waals surface area contributed by atoms with Gasteiger partial charge in [0.2, 0.25) is 0 Å². The molecule has 0 saturated heterocycles. The summed E-state index contributed by atoms with van der Waals surface area (Å²) in [5.74, 6) is 0.204. The summed E-state index contributed by atoms with van der Waals surface area (Å²) >= 11 is 4.96. The number of carbonyl (C=O) groups is 1. The standard InChI is InChI=1S/C13H9BrN2OS.BrH/c14-7-5-6-10-12(11(7)17)18-13-15-8-3-1-2-4-9(8)16(10)13;/h1-4,7H,5-6H2;1H. The van der Waals surface area contributed by atoms with E-state index >= 15 is 0 Å². The first kappa shape index (κ1) is 13.3. The number of aryl methyl sites for hydroxylation is 1. The summed E-state index contributed by atoms with van der Waals surface area (Å²) in [4.78, 5) is 18.5. The molecule has 0 N–H and O–H groups in total. The first-order valence-corrected chi connectivity index (χ1v) is 7.56. The molecule has 1 aliphatic rings. The van der Waals surface area contributed by atoms with Gasteiger partial charge in [0.1, 0.15) is 0 Å². The molecule has 2 aromatic heterocycles. The van der Waals surface area contributed by atoms with Crippen LogP contribution < -0.4 is 0 Å². The molecule has 1 atom stereocenters. The Labute approximate surface area is 132 Å². The zero-order chi connectivity index (χ0) is 12.3. The summed E-state index contributed by atoms with van der Waals surface area (Å²) < 4.78 is 2.14. The average molecular weight is 402 g/mol. The SMILES string of the molecule is Br.O=C1c2sc3nc4ccccc4n3c2CCC1Br. The van der Waals surface area contributed by atoms with Crippen molar-refractivity contribution in [2.75, 3.05) is 0 Å². The van der Waals surface area contributed by atoms with E-state index in [4.69, 9.17) is 0 Å². The summed E-state index contributed by atoms with van der Waals surface area (Å²) in [7, 11) is 0. The van der Waals surface area contributed by atoms with Crippen molar-refractivity contribution in [1.82, 2.24) is 9.38 Å². The molecule has 0 bridgehead atoms. The monoisotopic (exact) mass is 400 g/mol. The van der Waals surface area contributed by atoms with E-state index in [2.05, 4.69) is 31.4 Å². The van der Waals surface area contributed by atoms with Gasteiger partial charge in [-0.05, 0) is 25.0 Å². The molecule has 2 heterocycles. The zero-order valence-electron chi connectivity index (χ0n) is 9.80. The number of halogens is 2. The van der Waals surface area contributed by atoms with Crippen LogP contribution in [0.15, 0.2) is 24.3 Å². The third kappa shape index (κ3) is 1.80. The van der Waals surface area contributed by atoms with Gasteiger partial charge in [-0.2, -0.15) is 0 Å². The van der Waals surface area contributed by atoms with Crippen LogP contribution in [0, 0.1) is 0 Å². The zero-order valence-corrected chi connectivity index (χ0v) is 13.9. The normalized spacial score (nSPS) is 18.6. The number of fused-ring (bicyclic) bond motifs is 5. The predicted molar refractivity (Wildman–Crippen MR) is 86.3 cm³/mol. The van der Waals surface area contributed by atoms with Gasteiger partial charge in [-0.3, -0.25) is 9.20 Å². The largest absolute Gasteiger partial charge is 0.292 e. The summed E-state index contributed by atoms with van der Waals surface area (Å²) in [6.07, 6.45) is 1.79. The lowest BCUT2D eigenvalue weighted by Crippen LogP contribution is -2.21. The van der Waals surface area contributed by atoms with E-state index < -0.39 is 0 Å². The van der Waals surface area contributed by atoms with Crippen LogP contribution >= 0.6 is 44.2 Å². The van der Waals surface area contributed by atoms with E-state index in [0.717, 1.165) is 39.4 Å². The molecule has 0 fully saturated rings. The quantitative estimate of drug-likeness (QED) is 0.533. The van der Waals surface area contributed by atoms with E-state index in [9.17, 15) is 4.79 Å². The summed E-state index contributed by atoms with van der Waals surface area (Å²) in [5, 5.41) is 0. The third-order valence-electron chi connectivity index (χ3n) is 3.40. The number of para-hydroxylation sites is 2. The second kappa shape index (κ2) is 4.68. The average Bonchev–Trinajstić information content (AvgIpc) is 2.90. The Kier molecular flexibility index (Phi) is 3.27. The number of imidazole rings is 1. The van der Waals surface area contributed by atoms with Crippen molar-refractivity contribution < 1.29 is 4.79 Å². The maximum atomic E-state index is 12.1. The van der Waals surface area contributed by atoms with Gasteiger partial charge in [0.15, 0.2) is 10.7 Å². The Bertz CT molecular complexity index is 792. The fraction of sp³-hybridized carbons (Fsp3) is 0.231. The van der Waals surface area contributed by atoms with Crippen molar-refractivity contribution in [2.45, 2.75) is 17.7 Å². The second-order valence-corrected chi connectivity index (χ2v) is 6.55. The number of hydrogen-bond donors (Lipinski definition) is 0. The molecule has 1 unspecified atom stereocenters. The number of hydrogen-bond acceptors (Lipinski definition) is 3. The lowest BCUT2D eigenvalue weighted by atomic mass is 10.0. The molecule has 0 radical (unpaired) electrons. The predicted octanol–water partition coefficient (Wildman–Crippen LogP) is 4.02. The number of nitrogens with zero attached hydrogens (tertiary/aromatic N) is 2. The van der Waals surface area contributed by atoms with Gasteiger partial charge >= 0.3 is 0 Å². The number of aromatic nitrogens is 2. The van der Waals surface area contributed by atoms with Crippen LogP contribution in [-0.2, 0) is 6.42 Å². The van der Waals surface area contributed by atoms with E-state index in [-0.39, 0.29) is 27.6 Å². The van der Waals surface area contributed by atoms with E-state index in [1.54, 1.807) is 0 Å². The van der Waals surface area contributed by atoms with Crippen molar-refractivity contribution in [3.63, 3.8) is 0 Å². The number of thiazole rings is 1. The van der Waals surface area contributed by atoms with Crippen molar-refractivity contribution in [3.05, 3.63) is 34.8 Å². The number of rotatable bonds is 0. The molecule has 3 aromatic rings. The molecule has 98 valence electrons. The Morgan fingerprint density at radius 2 is 2.16 bits per heavy atom. The smallest absolute Gasteiger partial charge is 0.195 e. The minimum Gasteiger partial charge on any atom is -0.292 e. The highest BCUT2D eigenvalue weighted by Gasteiger charge is 2.30.